The number of anilines is 2. The predicted molar refractivity (Wildman–Crippen MR) is 577 cm³/mol. The Balaban J connectivity index is 0.000000205. The largest absolute Gasteiger partial charge is 0.497 e. The summed E-state index contributed by atoms with van der Waals surface area (Å²) in [5.74, 6) is 3.42. The maximum Gasteiger partial charge on any atom is 0.229 e. The van der Waals surface area contributed by atoms with Crippen LogP contribution in [0.15, 0.2) is 146 Å². The van der Waals surface area contributed by atoms with E-state index in [2.05, 4.69) is 290 Å². The standard InChI is InChI=1S/C23H35N3.C20H31N3O3S.3C19H28N2O.C18H26N2/c1-22(2,3)23(19-24-4)12-16-25(17-13-23)18-20-8-10-21(11-9-20)26-14-6-5-7-15-26;1-19(2,3)20(15-21-4)9-11-23(12-10-20)14-16-7-8-17(26-5)13-18(16)22-27(6,24)25;1-18(2,3)19(15-20-4)10-12-21(13-11-19)14-16-6-8-17(22-5)9-7-16;1-18(2,3)19(15-20-4)9-11-21(12-10-19)14-16-7-6-8-17(13-16)22-5;1-18(2,3)19(15-20-4)10-12-21(13-11-19)14-16-8-6-7-9-17(16)22-5;1-17(2,3)18(15-19-4)10-12-20(13-11-18)14-16-8-6-5-7-9-16/h8-11H,5-7,12-19H2,1-3H3;7-8,13,22H,9-12,14-15H2,1-3,5-6H3;6-9H,10-15H2,1-3,5H3;6-8,13H,9-12,14-15H2,1-3,5H3;6-9H,10-15H2,1-3,5H3;5-9H,10-15H2,1-3H3. The highest BCUT2D eigenvalue weighted by molar-refractivity contribution is 7.92. The van der Waals surface area contributed by atoms with Crippen molar-refractivity contribution < 1.29 is 27.4 Å². The lowest BCUT2D eigenvalue weighted by atomic mass is 9.61. The lowest BCUT2D eigenvalue weighted by Gasteiger charge is -2.46. The number of para-hydroxylation sites is 1. The fourth-order valence-electron chi connectivity index (χ4n) is 22.1. The Morgan fingerprint density at radius 2 is 0.576 bits per heavy atom. The van der Waals surface area contributed by atoms with Gasteiger partial charge in [-0.2, -0.15) is 0 Å². The van der Waals surface area contributed by atoms with Crippen LogP contribution in [0, 0.1) is 104 Å². The number of rotatable bonds is 25. The molecule has 7 aliphatic heterocycles. The molecule has 7 heterocycles. The summed E-state index contributed by atoms with van der Waals surface area (Å²) >= 11 is 0. The van der Waals surface area contributed by atoms with E-state index in [1.165, 1.54) is 65.9 Å². The topological polar surface area (TPSA) is 132 Å². The molecule has 0 radical (unpaired) electrons. The monoisotopic (exact) mass is 1920 g/mol. The Kier molecular flexibility index (Phi) is 42.7. The minimum atomic E-state index is -3.37. The van der Waals surface area contributed by atoms with Crippen LogP contribution < -0.4 is 28.6 Å². The zero-order valence-corrected chi connectivity index (χ0v) is 90.8. The average molecular weight is 1920 g/mol. The molecule has 0 bridgehead atoms. The highest BCUT2D eigenvalue weighted by atomic mass is 32.2. The molecule has 13 rings (SSSR count). The first-order valence-electron chi connectivity index (χ1n) is 51.4. The van der Waals surface area contributed by atoms with Gasteiger partial charge in [0.05, 0.1) is 40.4 Å². The first kappa shape index (κ1) is 115. The Morgan fingerprint density at radius 1 is 0.295 bits per heavy atom. The lowest BCUT2D eigenvalue weighted by molar-refractivity contribution is 0.0171. The quantitative estimate of drug-likeness (QED) is 0.0546. The molecule has 1 N–H and O–H groups in total. The smallest absolute Gasteiger partial charge is 0.229 e. The molecule has 0 aliphatic carbocycles. The molecule has 0 amide bonds. The van der Waals surface area contributed by atoms with E-state index < -0.39 is 10.0 Å². The van der Waals surface area contributed by atoms with Crippen molar-refractivity contribution in [3.05, 3.63) is 247 Å². The maximum absolute atomic E-state index is 11.7. The molecule has 7 aliphatic rings. The fraction of sp³-hybridized carbons (Fsp3) is 0.644. The molecule has 0 aromatic heterocycles. The Bertz CT molecular complexity index is 5090. The van der Waals surface area contributed by atoms with E-state index >= 15 is 0 Å². The molecule has 7 saturated heterocycles. The highest BCUT2D eigenvalue weighted by Crippen LogP contribution is 2.54. The van der Waals surface area contributed by atoms with Gasteiger partial charge in [-0.25, -0.2) is 47.9 Å². The van der Waals surface area contributed by atoms with Gasteiger partial charge in [0.15, 0.2) is 0 Å². The van der Waals surface area contributed by atoms with Gasteiger partial charge in [0, 0.05) is 102 Å². The molecule has 0 spiro atoms. The molecule has 21 heteroatoms. The summed E-state index contributed by atoms with van der Waals surface area (Å²) < 4.78 is 47.2. The first-order chi connectivity index (χ1) is 65.6. The first-order valence-corrected chi connectivity index (χ1v) is 53.2. The van der Waals surface area contributed by atoms with E-state index in [4.69, 9.17) is 58.4 Å². The third-order valence-corrected chi connectivity index (χ3v) is 34.3. The van der Waals surface area contributed by atoms with Crippen LogP contribution in [0.2, 0.25) is 0 Å². The van der Waals surface area contributed by atoms with Crippen LogP contribution in [0.1, 0.15) is 254 Å². The number of piperidine rings is 7. The van der Waals surface area contributed by atoms with Gasteiger partial charge < -0.3 is 52.9 Å². The molecule has 6 aromatic rings. The van der Waals surface area contributed by atoms with Crippen LogP contribution in [-0.2, 0) is 49.3 Å². The van der Waals surface area contributed by atoms with Gasteiger partial charge in [-0.1, -0.05) is 216 Å². The van der Waals surface area contributed by atoms with E-state index in [-0.39, 0.29) is 65.0 Å². The minimum absolute atomic E-state index is 0.0407. The highest BCUT2D eigenvalue weighted by Gasteiger charge is 2.53. The van der Waals surface area contributed by atoms with E-state index in [0.717, 1.165) is 217 Å². The average Bonchev–Trinajstić information content (AvgIpc) is 0.862. The number of methoxy groups -OCH3 is 4. The summed E-state index contributed by atoms with van der Waals surface area (Å²) in [6.45, 7) is 110. The van der Waals surface area contributed by atoms with Gasteiger partial charge in [0.25, 0.3) is 0 Å². The van der Waals surface area contributed by atoms with E-state index in [0.29, 0.717) is 57.3 Å². The predicted octanol–water partition coefficient (Wildman–Crippen LogP) is 25.8. The molecule has 20 nitrogen and oxygen atoms in total. The van der Waals surface area contributed by atoms with Crippen LogP contribution in [-0.4, -0.2) is 203 Å². The number of hydrogen-bond donors (Lipinski definition) is 1. The second-order valence-corrected chi connectivity index (χ2v) is 49.1. The fourth-order valence-corrected chi connectivity index (χ4v) is 22.7. The SMILES string of the molecule is [C-]#[N+]CC1(C(C)(C)C)CCN(Cc2ccc(N3CCCCC3)cc2)CC1.[C-]#[N+]CC1(C(C)(C)C)CCN(Cc2ccc(OC)cc2)CC1.[C-]#[N+]CC1(C(C)(C)C)CCN(Cc2ccc(OC)cc2NS(C)(=O)=O)CC1.[C-]#[N+]CC1(C(C)(C)C)CCN(Cc2cccc(OC)c2)CC1.[C-]#[N+]CC1(C(C)(C)C)CCN(Cc2ccccc2)CC1.[C-]#[N+]CC1(C(C)(C)C)CCN(Cc2ccccc2OC)CC1. The number of ether oxygens (including phenoxy) is 4. The van der Waals surface area contributed by atoms with Crippen molar-refractivity contribution in [3.8, 4) is 23.0 Å². The van der Waals surface area contributed by atoms with Crippen molar-refractivity contribution in [2.24, 2.45) is 65.0 Å². The third kappa shape index (κ3) is 32.6. The number of nitrogens with one attached hydrogen (secondary N) is 1. The number of hydrogen-bond acceptors (Lipinski definition) is 13. The van der Waals surface area contributed by atoms with Gasteiger partial charge in [-0.3, -0.25) is 34.1 Å². The second kappa shape index (κ2) is 51.6. The Hall–Kier alpha value is -9.23. The van der Waals surface area contributed by atoms with Crippen molar-refractivity contribution in [3.63, 3.8) is 0 Å². The van der Waals surface area contributed by atoms with Crippen LogP contribution in [0.25, 0.3) is 29.1 Å². The molecule has 0 saturated carbocycles. The zero-order valence-electron chi connectivity index (χ0n) is 90.0. The van der Waals surface area contributed by atoms with E-state index in [1.807, 2.05) is 42.5 Å². The van der Waals surface area contributed by atoms with Crippen LogP contribution in [0.5, 0.6) is 23.0 Å². The van der Waals surface area contributed by atoms with Gasteiger partial charge in [0.1, 0.15) is 23.0 Å². The van der Waals surface area contributed by atoms with Crippen molar-refractivity contribution in [1.29, 1.82) is 0 Å². The maximum atomic E-state index is 11.7. The third-order valence-electron chi connectivity index (χ3n) is 33.7. The van der Waals surface area contributed by atoms with Crippen molar-refractivity contribution in [2.45, 2.75) is 260 Å². The molecular formula is C118H176N14O6S. The Morgan fingerprint density at radius 3 is 0.892 bits per heavy atom. The van der Waals surface area contributed by atoms with Crippen molar-refractivity contribution in [1.82, 2.24) is 29.4 Å². The summed E-state index contributed by atoms with van der Waals surface area (Å²) in [5.41, 5.74) is 11.6. The molecule has 139 heavy (non-hydrogen) atoms. The normalized spacial score (nSPS) is 19.2. The molecule has 760 valence electrons. The summed E-state index contributed by atoms with van der Waals surface area (Å²) in [5, 5.41) is 0. The summed E-state index contributed by atoms with van der Waals surface area (Å²) in [6, 6.07) is 50.3. The molecular weight excluding hydrogens is 1740 g/mol. The number of sulfonamides is 1. The number of nitrogens with zero attached hydrogens (tertiary/aromatic N) is 13. The molecule has 7 fully saturated rings. The number of likely N-dealkylation sites (tertiary alicyclic amines) is 6. The molecule has 0 atom stereocenters. The van der Waals surface area contributed by atoms with Crippen LogP contribution in [0.4, 0.5) is 11.4 Å². The van der Waals surface area contributed by atoms with Crippen LogP contribution >= 0.6 is 0 Å². The summed E-state index contributed by atoms with van der Waals surface area (Å²) in [6.07, 6.45) is 18.4. The van der Waals surface area contributed by atoms with E-state index in [9.17, 15) is 8.42 Å². The van der Waals surface area contributed by atoms with Gasteiger partial charge in [-0.15, -0.1) is 0 Å². The lowest BCUT2D eigenvalue weighted by Crippen LogP contribution is -2.48. The summed E-state index contributed by atoms with van der Waals surface area (Å²) in [4.78, 5) is 40.0. The van der Waals surface area contributed by atoms with Gasteiger partial charge in [0.2, 0.25) is 49.3 Å². The minimum Gasteiger partial charge on any atom is -0.497 e. The zero-order chi connectivity index (χ0) is 102. The summed E-state index contributed by atoms with van der Waals surface area (Å²) in [7, 11) is 3.33. The van der Waals surface area contributed by atoms with Crippen molar-refractivity contribution in [2.75, 3.05) is 175 Å². The van der Waals surface area contributed by atoms with Gasteiger partial charge >= 0.3 is 0 Å². The Labute approximate surface area is 843 Å². The van der Waals surface area contributed by atoms with E-state index in [1.54, 1.807) is 34.5 Å². The molecule has 6 aromatic carbocycles. The van der Waals surface area contributed by atoms with Gasteiger partial charge in [-0.05, 0) is 284 Å². The van der Waals surface area contributed by atoms with Crippen molar-refractivity contribution >= 4 is 21.4 Å². The van der Waals surface area contributed by atoms with Crippen LogP contribution in [0.3, 0.4) is 0 Å². The second-order valence-electron chi connectivity index (χ2n) is 47.3. The number of benzene rings is 6. The molecule has 0 unspecified atom stereocenters.